The van der Waals surface area contributed by atoms with E-state index < -0.39 is 77.7 Å². The summed E-state index contributed by atoms with van der Waals surface area (Å²) in [6.07, 6.45) is 0. The van der Waals surface area contributed by atoms with Gasteiger partial charge in [-0.2, -0.15) is 0 Å². The highest BCUT2D eigenvalue weighted by atomic mass is 31.2. The van der Waals surface area contributed by atoms with Gasteiger partial charge in [0.2, 0.25) is 0 Å². The summed E-state index contributed by atoms with van der Waals surface area (Å²) in [5.74, 6) is 0. The number of aliphatic hydroxyl groups excluding tert-OH is 8. The molecule has 13 nitrogen and oxygen atoms in total. The van der Waals surface area contributed by atoms with Crippen LogP contribution in [0.1, 0.15) is 0 Å². The molecule has 0 aliphatic heterocycles. The molecule has 178 valence electrons. The zero-order valence-corrected chi connectivity index (χ0v) is 17.1. The molecule has 11 N–H and O–H groups in total. The van der Waals surface area contributed by atoms with E-state index in [9.17, 15) is 40.9 Å². The topological polar surface area (TPSA) is 241 Å². The first kappa shape index (κ1) is 31.1. The molecule has 0 saturated carbocycles. The lowest BCUT2D eigenvalue weighted by Crippen LogP contribution is -2.45. The maximum absolute atomic E-state index is 9.56. The van der Waals surface area contributed by atoms with Gasteiger partial charge in [-0.15, -0.1) is 0 Å². The first-order valence-corrected chi connectivity index (χ1v) is 9.73. The smallest absolute Gasteiger partial charge is 0.324 e. The van der Waals surface area contributed by atoms with Crippen molar-refractivity contribution in [2.45, 2.75) is 0 Å². The van der Waals surface area contributed by atoms with Crippen molar-refractivity contribution in [1.29, 1.82) is 0 Å². The second-order valence-electron chi connectivity index (χ2n) is 7.02. The van der Waals surface area contributed by atoms with Crippen molar-refractivity contribution in [3.63, 3.8) is 0 Å². The van der Waals surface area contributed by atoms with Crippen LogP contribution < -0.4 is 0 Å². The van der Waals surface area contributed by atoms with Crippen LogP contribution in [-0.4, -0.2) is 135 Å². The van der Waals surface area contributed by atoms with Crippen LogP contribution in [0.2, 0.25) is 0 Å². The lowest BCUT2D eigenvalue weighted by molar-refractivity contribution is -0.127. The highest BCUT2D eigenvalue weighted by molar-refractivity contribution is 7.38. The molecule has 0 unspecified atom stereocenters. The van der Waals surface area contributed by atoms with Gasteiger partial charge in [-0.25, -0.2) is 0 Å². The Hall–Kier alpha value is -0.0900. The third-order valence-corrected chi connectivity index (χ3v) is 4.32. The lowest BCUT2D eigenvalue weighted by atomic mass is 9.90. The Morgan fingerprint density at radius 1 is 0.414 bits per heavy atom. The molecule has 29 heavy (non-hydrogen) atoms. The summed E-state index contributed by atoms with van der Waals surface area (Å²) >= 11 is 0. The van der Waals surface area contributed by atoms with E-state index in [-0.39, 0.29) is 26.4 Å². The van der Waals surface area contributed by atoms with Gasteiger partial charge in [0.05, 0.1) is 95.5 Å². The minimum absolute atomic E-state index is 0.188. The second-order valence-corrected chi connectivity index (χ2v) is 7.56. The van der Waals surface area contributed by atoms with Gasteiger partial charge in [-0.1, -0.05) is 0 Å². The van der Waals surface area contributed by atoms with Crippen molar-refractivity contribution in [3.05, 3.63) is 0 Å². The summed E-state index contributed by atoms with van der Waals surface area (Å²) < 4.78 is 10.7. The molecule has 0 atom stereocenters. The van der Waals surface area contributed by atoms with Crippen molar-refractivity contribution in [2.24, 2.45) is 16.2 Å². The van der Waals surface area contributed by atoms with E-state index in [1.54, 1.807) is 0 Å². The van der Waals surface area contributed by atoms with Crippen LogP contribution in [0.25, 0.3) is 0 Å². The van der Waals surface area contributed by atoms with Crippen LogP contribution in [0.15, 0.2) is 0 Å². The van der Waals surface area contributed by atoms with Crippen LogP contribution in [-0.2, 0) is 9.47 Å². The highest BCUT2D eigenvalue weighted by Crippen LogP contribution is 2.23. The number of hydrogen-bond donors (Lipinski definition) is 11. The van der Waals surface area contributed by atoms with E-state index in [4.69, 9.17) is 24.2 Å². The summed E-state index contributed by atoms with van der Waals surface area (Å²) in [7, 11) is -2.62. The van der Waals surface area contributed by atoms with E-state index in [0.717, 1.165) is 0 Å². The fourth-order valence-electron chi connectivity index (χ4n) is 1.82. The molecule has 0 spiro atoms. The normalized spacial score (nSPS) is 12.8. The Kier molecular flexibility index (Phi) is 17.8. The van der Waals surface area contributed by atoms with Crippen LogP contribution >= 0.6 is 8.60 Å². The summed E-state index contributed by atoms with van der Waals surface area (Å²) in [5, 5.41) is 74.6. The largest absolute Gasteiger partial charge is 0.396 e. The summed E-state index contributed by atoms with van der Waals surface area (Å²) in [5.41, 5.74) is -3.69. The molecule has 0 aromatic carbocycles. The molecule has 0 aliphatic rings. The molecule has 0 aromatic rings. The lowest BCUT2D eigenvalue weighted by Gasteiger charge is -2.34. The van der Waals surface area contributed by atoms with Crippen LogP contribution in [0.3, 0.4) is 0 Å². The molecule has 0 saturated heterocycles. The molecule has 14 heteroatoms. The van der Waals surface area contributed by atoms with E-state index in [1.807, 2.05) is 0 Å². The molecule has 0 radical (unpaired) electrons. The van der Waals surface area contributed by atoms with Gasteiger partial charge in [0.1, 0.15) is 0 Å². The van der Waals surface area contributed by atoms with Crippen LogP contribution in [0, 0.1) is 16.2 Å². The minimum atomic E-state index is -2.62. The molecule has 0 heterocycles. The van der Waals surface area contributed by atoms with Crippen molar-refractivity contribution in [2.75, 3.05) is 79.3 Å². The zero-order chi connectivity index (χ0) is 23.0. The Bertz CT molecular complexity index is 326. The number of rotatable bonds is 16. The Morgan fingerprint density at radius 3 is 0.759 bits per heavy atom. The maximum atomic E-state index is 9.56. The zero-order valence-electron chi connectivity index (χ0n) is 16.2. The molecule has 0 aliphatic carbocycles. The average Bonchev–Trinajstić information content (AvgIpc) is 2.73. The van der Waals surface area contributed by atoms with Gasteiger partial charge in [-0.3, -0.25) is 0 Å². The third kappa shape index (κ3) is 11.8. The SMILES string of the molecule is OCC(CO)(CO)COCC(CO)(CO)COCC(CO)(CO)CO.OP(O)O. The van der Waals surface area contributed by atoms with Gasteiger partial charge in [-0.05, 0) is 0 Å². The Morgan fingerprint density at radius 2 is 0.586 bits per heavy atom. The first-order valence-electron chi connectivity index (χ1n) is 8.53. The third-order valence-electron chi connectivity index (χ3n) is 4.32. The van der Waals surface area contributed by atoms with Gasteiger partial charge in [0.15, 0.2) is 0 Å². The van der Waals surface area contributed by atoms with Crippen LogP contribution in [0.5, 0.6) is 0 Å². The predicted molar refractivity (Wildman–Crippen MR) is 99.2 cm³/mol. The minimum Gasteiger partial charge on any atom is -0.396 e. The number of hydrogen-bond acceptors (Lipinski definition) is 13. The summed E-state index contributed by atoms with van der Waals surface area (Å²) in [6.45, 7) is -4.82. The second kappa shape index (κ2) is 16.6. The van der Waals surface area contributed by atoms with Gasteiger partial charge in [0.25, 0.3) is 0 Å². The average molecular weight is 454 g/mol. The van der Waals surface area contributed by atoms with Crippen molar-refractivity contribution >= 4 is 8.60 Å². The van der Waals surface area contributed by atoms with Gasteiger partial charge in [0, 0.05) is 0 Å². The fraction of sp³-hybridized carbons (Fsp3) is 1.00. The van der Waals surface area contributed by atoms with Crippen LogP contribution in [0.4, 0.5) is 0 Å². The maximum Gasteiger partial charge on any atom is 0.324 e. The Balaban J connectivity index is 0. The van der Waals surface area contributed by atoms with E-state index in [0.29, 0.717) is 0 Å². The van der Waals surface area contributed by atoms with E-state index in [2.05, 4.69) is 0 Å². The van der Waals surface area contributed by atoms with Gasteiger partial charge >= 0.3 is 8.60 Å². The molecule has 0 bridgehead atoms. The molecular weight excluding hydrogens is 419 g/mol. The van der Waals surface area contributed by atoms with E-state index in [1.165, 1.54) is 0 Å². The number of aliphatic hydroxyl groups is 8. The number of ether oxygens (including phenoxy) is 2. The molecule has 0 fully saturated rings. The van der Waals surface area contributed by atoms with E-state index >= 15 is 0 Å². The monoisotopic (exact) mass is 454 g/mol. The summed E-state index contributed by atoms with van der Waals surface area (Å²) in [6, 6.07) is 0. The molecule has 0 aromatic heterocycles. The standard InChI is InChI=1S/C15H32O10.H3O3P/c16-1-13(2-17,3-18)9-24-11-15(7-22,8-23)12-25-10-14(4-19,5-20)6-21;1-4(2)3/h16-23H,1-12H2;1-3H. The van der Waals surface area contributed by atoms with Crippen molar-refractivity contribution in [1.82, 2.24) is 0 Å². The fourth-order valence-corrected chi connectivity index (χ4v) is 1.82. The quantitative estimate of drug-likeness (QED) is 0.0981. The molecule has 0 amide bonds. The predicted octanol–water partition coefficient (Wildman–Crippen LogP) is -4.89. The Labute approximate surface area is 170 Å². The van der Waals surface area contributed by atoms with Crippen molar-refractivity contribution in [3.8, 4) is 0 Å². The van der Waals surface area contributed by atoms with Crippen molar-refractivity contribution < 1.29 is 65.0 Å². The van der Waals surface area contributed by atoms with Gasteiger partial charge < -0.3 is 65.0 Å². The summed E-state index contributed by atoms with van der Waals surface area (Å²) in [4.78, 5) is 21.7. The molecule has 0 rings (SSSR count). The first-order chi connectivity index (χ1) is 13.6. The molecular formula is C15H35O13P. The highest BCUT2D eigenvalue weighted by Gasteiger charge is 2.35.